The third-order valence-electron chi connectivity index (χ3n) is 2.42. The van der Waals surface area contributed by atoms with Crippen molar-refractivity contribution in [2.24, 2.45) is 0 Å². The molecule has 2 N–H and O–H groups in total. The van der Waals surface area contributed by atoms with Crippen molar-refractivity contribution in [1.82, 2.24) is 0 Å². The van der Waals surface area contributed by atoms with Crippen molar-refractivity contribution in [2.75, 3.05) is 0 Å². The van der Waals surface area contributed by atoms with E-state index in [1.54, 1.807) is 26.0 Å². The number of rotatable bonds is 4. The van der Waals surface area contributed by atoms with Crippen molar-refractivity contribution in [3.63, 3.8) is 0 Å². The predicted octanol–water partition coefficient (Wildman–Crippen LogP) is 2.27. The van der Waals surface area contributed by atoms with Gasteiger partial charge < -0.3 is 19.7 Å². The minimum Gasteiger partial charge on any atom is -0.465 e. The third kappa shape index (κ3) is 2.91. The second-order valence-corrected chi connectivity index (χ2v) is 4.07. The second-order valence-electron chi connectivity index (χ2n) is 4.07. The fourth-order valence-electron chi connectivity index (χ4n) is 1.79. The lowest BCUT2D eigenvalue weighted by Crippen LogP contribution is -2.10. The van der Waals surface area contributed by atoms with Crippen LogP contribution in [-0.4, -0.2) is 22.8 Å². The van der Waals surface area contributed by atoms with Crippen LogP contribution in [0.1, 0.15) is 13.8 Å². The van der Waals surface area contributed by atoms with Gasteiger partial charge in [-0.2, -0.15) is 0 Å². The van der Waals surface area contributed by atoms with Gasteiger partial charge in [0, 0.05) is 5.39 Å². The number of aliphatic hydroxyl groups excluding tert-OH is 2. The molecule has 0 fully saturated rings. The molecule has 0 spiro atoms. The molecule has 0 saturated carbocycles. The van der Waals surface area contributed by atoms with Crippen LogP contribution in [0.25, 0.3) is 10.8 Å². The Morgan fingerprint density at radius 1 is 0.944 bits per heavy atom. The molecule has 0 aliphatic heterocycles. The number of aliphatic hydroxyl groups is 2. The third-order valence-corrected chi connectivity index (χ3v) is 2.42. The largest absolute Gasteiger partial charge is 0.465 e. The number of benzene rings is 2. The van der Waals surface area contributed by atoms with Gasteiger partial charge in [0.25, 0.3) is 0 Å². The first-order chi connectivity index (χ1) is 8.56. The lowest BCUT2D eigenvalue weighted by atomic mass is 10.1. The Balaban J connectivity index is 2.40. The summed E-state index contributed by atoms with van der Waals surface area (Å²) in [5.74, 6) is 1.21. The van der Waals surface area contributed by atoms with E-state index in [0.29, 0.717) is 11.5 Å². The number of fused-ring (bicyclic) bond motifs is 1. The highest BCUT2D eigenvalue weighted by Crippen LogP contribution is 2.29. The fraction of sp³-hybridized carbons (Fsp3) is 0.286. The molecule has 96 valence electrons. The summed E-state index contributed by atoms with van der Waals surface area (Å²) in [7, 11) is 0. The molecule has 0 saturated heterocycles. The maximum absolute atomic E-state index is 9.26. The zero-order valence-electron chi connectivity index (χ0n) is 10.3. The summed E-state index contributed by atoms with van der Waals surface area (Å²) in [5, 5.41) is 20.2. The lowest BCUT2D eigenvalue weighted by molar-refractivity contribution is -0.000187. The summed E-state index contributed by atoms with van der Waals surface area (Å²) >= 11 is 0. The Bertz CT molecular complexity index is 534. The van der Waals surface area contributed by atoms with Crippen LogP contribution in [0.2, 0.25) is 0 Å². The highest BCUT2D eigenvalue weighted by Gasteiger charge is 2.06. The average Bonchev–Trinajstić information content (AvgIpc) is 2.27. The molecule has 2 aromatic rings. The van der Waals surface area contributed by atoms with Crippen LogP contribution in [0.3, 0.4) is 0 Å². The molecule has 2 aromatic carbocycles. The number of hydrogen-bond acceptors (Lipinski definition) is 4. The highest BCUT2D eigenvalue weighted by molar-refractivity contribution is 5.89. The van der Waals surface area contributed by atoms with Gasteiger partial charge in [-0.15, -0.1) is 0 Å². The zero-order chi connectivity index (χ0) is 13.1. The van der Waals surface area contributed by atoms with Crippen LogP contribution in [0.15, 0.2) is 36.4 Å². The maximum Gasteiger partial charge on any atom is 0.194 e. The first-order valence-corrected chi connectivity index (χ1v) is 5.78. The van der Waals surface area contributed by atoms with Gasteiger partial charge >= 0.3 is 0 Å². The molecule has 0 radical (unpaired) electrons. The molecule has 0 aliphatic carbocycles. The molecule has 4 heteroatoms. The number of ether oxygens (including phenoxy) is 2. The quantitative estimate of drug-likeness (QED) is 0.815. The van der Waals surface area contributed by atoms with Crippen molar-refractivity contribution in [3.8, 4) is 11.5 Å². The summed E-state index contributed by atoms with van der Waals surface area (Å²) in [6.07, 6.45) is -1.71. The summed E-state index contributed by atoms with van der Waals surface area (Å²) in [6, 6.07) is 11.0. The summed E-state index contributed by atoms with van der Waals surface area (Å²) in [5.41, 5.74) is 0. The molecule has 0 amide bonds. The van der Waals surface area contributed by atoms with Crippen molar-refractivity contribution in [2.45, 2.75) is 26.4 Å². The summed E-state index contributed by atoms with van der Waals surface area (Å²) in [4.78, 5) is 0. The Kier molecular flexibility index (Phi) is 3.69. The monoisotopic (exact) mass is 248 g/mol. The maximum atomic E-state index is 9.26. The van der Waals surface area contributed by atoms with Crippen LogP contribution in [0, 0.1) is 0 Å². The standard InChI is InChI=1S/C14H16O4/c1-9(15)17-12-6-7-13-11(8-12)4-3-5-14(13)18-10(2)16/h3-10,15-16H,1-2H3. The van der Waals surface area contributed by atoms with Crippen molar-refractivity contribution >= 4 is 10.8 Å². The van der Waals surface area contributed by atoms with Crippen LogP contribution in [0.4, 0.5) is 0 Å². The first kappa shape index (κ1) is 12.7. The Morgan fingerprint density at radius 3 is 2.33 bits per heavy atom. The Hall–Kier alpha value is -1.78. The van der Waals surface area contributed by atoms with Crippen LogP contribution in [0.5, 0.6) is 11.5 Å². The molecule has 0 aliphatic rings. The second kappa shape index (κ2) is 5.25. The van der Waals surface area contributed by atoms with Crippen molar-refractivity contribution in [1.29, 1.82) is 0 Å². The van der Waals surface area contributed by atoms with Crippen molar-refractivity contribution < 1.29 is 19.7 Å². The first-order valence-electron chi connectivity index (χ1n) is 5.78. The molecule has 4 nitrogen and oxygen atoms in total. The smallest absolute Gasteiger partial charge is 0.194 e. The van der Waals surface area contributed by atoms with Gasteiger partial charge in [-0.25, -0.2) is 0 Å². The molecule has 2 rings (SSSR count). The average molecular weight is 248 g/mol. The lowest BCUT2D eigenvalue weighted by Gasteiger charge is -2.13. The Morgan fingerprint density at radius 2 is 1.67 bits per heavy atom. The van der Waals surface area contributed by atoms with Gasteiger partial charge in [-0.3, -0.25) is 0 Å². The van der Waals surface area contributed by atoms with Gasteiger partial charge in [0.05, 0.1) is 0 Å². The summed E-state index contributed by atoms with van der Waals surface area (Å²) in [6.45, 7) is 3.11. The summed E-state index contributed by atoms with van der Waals surface area (Å²) < 4.78 is 10.5. The minimum absolute atomic E-state index is 0.590. The van der Waals surface area contributed by atoms with Gasteiger partial charge in [0.2, 0.25) is 0 Å². The molecule has 0 bridgehead atoms. The van der Waals surface area contributed by atoms with Crippen molar-refractivity contribution in [3.05, 3.63) is 36.4 Å². The predicted molar refractivity (Wildman–Crippen MR) is 68.6 cm³/mol. The van der Waals surface area contributed by atoms with E-state index in [4.69, 9.17) is 9.47 Å². The highest BCUT2D eigenvalue weighted by atomic mass is 16.6. The molecule has 18 heavy (non-hydrogen) atoms. The van der Waals surface area contributed by atoms with E-state index in [0.717, 1.165) is 10.8 Å². The van der Waals surface area contributed by atoms with Gasteiger partial charge in [-0.05, 0) is 43.5 Å². The molecule has 0 aromatic heterocycles. The van der Waals surface area contributed by atoms with Gasteiger partial charge in [0.15, 0.2) is 12.6 Å². The van der Waals surface area contributed by atoms with E-state index in [1.807, 2.05) is 24.3 Å². The Labute approximate surface area is 105 Å². The zero-order valence-corrected chi connectivity index (χ0v) is 10.3. The van der Waals surface area contributed by atoms with Gasteiger partial charge in [-0.1, -0.05) is 12.1 Å². The minimum atomic E-state index is -0.857. The fourth-order valence-corrected chi connectivity index (χ4v) is 1.79. The molecule has 0 heterocycles. The van der Waals surface area contributed by atoms with E-state index in [-0.39, 0.29) is 0 Å². The molecule has 2 unspecified atom stereocenters. The molecule has 2 atom stereocenters. The molecular weight excluding hydrogens is 232 g/mol. The van der Waals surface area contributed by atoms with E-state index in [1.165, 1.54) is 0 Å². The SMILES string of the molecule is CC(O)Oc1ccc2c(OC(C)O)cccc2c1. The van der Waals surface area contributed by atoms with E-state index >= 15 is 0 Å². The van der Waals surface area contributed by atoms with Crippen LogP contribution in [-0.2, 0) is 0 Å². The number of hydrogen-bond donors (Lipinski definition) is 2. The van der Waals surface area contributed by atoms with E-state index in [9.17, 15) is 10.2 Å². The van der Waals surface area contributed by atoms with Gasteiger partial charge in [0.1, 0.15) is 11.5 Å². The van der Waals surface area contributed by atoms with Crippen LogP contribution < -0.4 is 9.47 Å². The van der Waals surface area contributed by atoms with E-state index < -0.39 is 12.6 Å². The normalized spacial score (nSPS) is 14.2. The van der Waals surface area contributed by atoms with E-state index in [2.05, 4.69) is 0 Å². The topological polar surface area (TPSA) is 58.9 Å². The van der Waals surface area contributed by atoms with Crippen LogP contribution >= 0.6 is 0 Å². The molecular formula is C14H16O4.